The smallest absolute Gasteiger partial charge is 0.203 e. The summed E-state index contributed by atoms with van der Waals surface area (Å²) in [6.45, 7) is 1.47. The molecule has 0 aromatic heterocycles. The summed E-state index contributed by atoms with van der Waals surface area (Å²) >= 11 is 0. The highest BCUT2D eigenvalue weighted by Crippen LogP contribution is 2.36. The van der Waals surface area contributed by atoms with Gasteiger partial charge in [0.25, 0.3) is 0 Å². The van der Waals surface area contributed by atoms with Crippen LogP contribution in [0.1, 0.15) is 32.1 Å². The van der Waals surface area contributed by atoms with Crippen LogP contribution in [0.3, 0.4) is 0 Å². The number of benzene rings is 1. The van der Waals surface area contributed by atoms with E-state index in [1.165, 1.54) is 32.1 Å². The van der Waals surface area contributed by atoms with Crippen LogP contribution in [0.2, 0.25) is 0 Å². The molecule has 0 spiro atoms. The van der Waals surface area contributed by atoms with Crippen LogP contribution in [0.4, 0.5) is 0 Å². The van der Waals surface area contributed by atoms with Crippen LogP contribution in [0.15, 0.2) is 18.2 Å². The summed E-state index contributed by atoms with van der Waals surface area (Å²) in [4.78, 5) is 0. The van der Waals surface area contributed by atoms with Crippen LogP contribution in [-0.4, -0.2) is 33.4 Å². The summed E-state index contributed by atoms with van der Waals surface area (Å²) in [5.74, 6) is 2.10. The molecule has 4 nitrogen and oxygen atoms in total. The lowest BCUT2D eigenvalue weighted by Crippen LogP contribution is -2.34. The largest absolute Gasteiger partial charge is 0.493 e. The van der Waals surface area contributed by atoms with E-state index < -0.39 is 0 Å². The van der Waals surface area contributed by atoms with E-state index >= 15 is 0 Å². The minimum absolute atomic E-state index is 0.618. The Labute approximate surface area is 121 Å². The summed E-state index contributed by atoms with van der Waals surface area (Å²) in [6.07, 6.45) is 6.65. The number of rotatable bonds is 7. The molecule has 1 aromatic carbocycles. The van der Waals surface area contributed by atoms with Gasteiger partial charge in [-0.3, -0.25) is 0 Å². The first-order valence-corrected chi connectivity index (χ1v) is 7.42. The second-order valence-corrected chi connectivity index (χ2v) is 5.13. The van der Waals surface area contributed by atoms with Crippen molar-refractivity contribution < 1.29 is 14.2 Å². The second-order valence-electron chi connectivity index (χ2n) is 5.13. The zero-order valence-corrected chi connectivity index (χ0v) is 12.5. The number of para-hydroxylation sites is 1. The molecule has 1 saturated carbocycles. The van der Waals surface area contributed by atoms with Gasteiger partial charge >= 0.3 is 0 Å². The Morgan fingerprint density at radius 2 is 1.70 bits per heavy atom. The van der Waals surface area contributed by atoms with Crippen LogP contribution in [0, 0.1) is 0 Å². The molecule has 1 aliphatic carbocycles. The minimum atomic E-state index is 0.618. The molecular formula is C16H25NO3. The normalized spacial score (nSPS) is 15.9. The monoisotopic (exact) mass is 279 g/mol. The molecule has 0 bridgehead atoms. The van der Waals surface area contributed by atoms with Gasteiger partial charge in [-0.2, -0.15) is 0 Å². The van der Waals surface area contributed by atoms with Crippen molar-refractivity contribution in [2.45, 2.75) is 38.1 Å². The minimum Gasteiger partial charge on any atom is -0.493 e. The van der Waals surface area contributed by atoms with E-state index in [4.69, 9.17) is 14.2 Å². The third-order valence-electron chi connectivity index (χ3n) is 3.77. The van der Waals surface area contributed by atoms with Crippen LogP contribution in [0.5, 0.6) is 17.2 Å². The molecule has 1 aliphatic rings. The highest BCUT2D eigenvalue weighted by atomic mass is 16.5. The van der Waals surface area contributed by atoms with Crippen LogP contribution in [0.25, 0.3) is 0 Å². The maximum atomic E-state index is 5.83. The van der Waals surface area contributed by atoms with E-state index in [1.54, 1.807) is 14.2 Å². The van der Waals surface area contributed by atoms with E-state index in [-0.39, 0.29) is 0 Å². The Hall–Kier alpha value is -1.42. The van der Waals surface area contributed by atoms with Crippen molar-refractivity contribution in [2.75, 3.05) is 27.4 Å². The first kappa shape index (κ1) is 15.0. The van der Waals surface area contributed by atoms with Crippen molar-refractivity contribution in [2.24, 2.45) is 0 Å². The lowest BCUT2D eigenvalue weighted by molar-refractivity contribution is 0.261. The molecule has 0 saturated heterocycles. The molecule has 1 fully saturated rings. The molecule has 0 amide bonds. The molecule has 0 heterocycles. The van der Waals surface area contributed by atoms with Crippen molar-refractivity contribution in [3.63, 3.8) is 0 Å². The molecule has 2 rings (SSSR count). The molecule has 1 N–H and O–H groups in total. The SMILES string of the molecule is COc1cccc(OC)c1OCCNC1CCCCC1. The van der Waals surface area contributed by atoms with Crippen molar-refractivity contribution >= 4 is 0 Å². The average molecular weight is 279 g/mol. The van der Waals surface area contributed by atoms with Gasteiger partial charge in [0.05, 0.1) is 14.2 Å². The molecule has 112 valence electrons. The van der Waals surface area contributed by atoms with Gasteiger partial charge in [-0.15, -0.1) is 0 Å². The maximum Gasteiger partial charge on any atom is 0.203 e. The topological polar surface area (TPSA) is 39.7 Å². The van der Waals surface area contributed by atoms with E-state index in [9.17, 15) is 0 Å². The van der Waals surface area contributed by atoms with E-state index in [0.717, 1.165) is 6.54 Å². The lowest BCUT2D eigenvalue weighted by Gasteiger charge is -2.23. The Morgan fingerprint density at radius 3 is 2.30 bits per heavy atom. The molecule has 0 atom stereocenters. The number of hydrogen-bond acceptors (Lipinski definition) is 4. The fraction of sp³-hybridized carbons (Fsp3) is 0.625. The number of nitrogens with one attached hydrogen (secondary N) is 1. The van der Waals surface area contributed by atoms with Crippen LogP contribution in [-0.2, 0) is 0 Å². The van der Waals surface area contributed by atoms with Gasteiger partial charge in [0.2, 0.25) is 5.75 Å². The third kappa shape index (κ3) is 4.04. The predicted molar refractivity (Wildman–Crippen MR) is 79.9 cm³/mol. The molecular weight excluding hydrogens is 254 g/mol. The zero-order chi connectivity index (χ0) is 14.2. The highest BCUT2D eigenvalue weighted by molar-refractivity contribution is 5.51. The Morgan fingerprint density at radius 1 is 1.05 bits per heavy atom. The van der Waals surface area contributed by atoms with Crippen LogP contribution < -0.4 is 19.5 Å². The van der Waals surface area contributed by atoms with Gasteiger partial charge in [-0.05, 0) is 25.0 Å². The van der Waals surface area contributed by atoms with E-state index in [0.29, 0.717) is 29.9 Å². The van der Waals surface area contributed by atoms with Gasteiger partial charge in [-0.1, -0.05) is 25.3 Å². The first-order valence-electron chi connectivity index (χ1n) is 7.42. The molecule has 0 aliphatic heterocycles. The summed E-state index contributed by atoms with van der Waals surface area (Å²) in [7, 11) is 3.28. The summed E-state index contributed by atoms with van der Waals surface area (Å²) in [5, 5.41) is 3.56. The Balaban J connectivity index is 1.81. The standard InChI is InChI=1S/C16H25NO3/c1-18-14-9-6-10-15(19-2)16(14)20-12-11-17-13-7-4-3-5-8-13/h6,9-10,13,17H,3-5,7-8,11-12H2,1-2H3. The first-order chi connectivity index (χ1) is 9.85. The van der Waals surface area contributed by atoms with Crippen LogP contribution >= 0.6 is 0 Å². The number of hydrogen-bond donors (Lipinski definition) is 1. The molecule has 4 heteroatoms. The fourth-order valence-electron chi connectivity index (χ4n) is 2.68. The number of ether oxygens (including phenoxy) is 3. The zero-order valence-electron chi connectivity index (χ0n) is 12.5. The highest BCUT2D eigenvalue weighted by Gasteiger charge is 2.13. The van der Waals surface area contributed by atoms with Gasteiger partial charge in [-0.25, -0.2) is 0 Å². The van der Waals surface area contributed by atoms with Gasteiger partial charge in [0.1, 0.15) is 6.61 Å². The number of methoxy groups -OCH3 is 2. The Kier molecular flexibility index (Phi) is 5.99. The van der Waals surface area contributed by atoms with E-state index in [2.05, 4.69) is 5.32 Å². The quantitative estimate of drug-likeness (QED) is 0.779. The van der Waals surface area contributed by atoms with Crippen molar-refractivity contribution in [3.05, 3.63) is 18.2 Å². The summed E-state index contributed by atoms with van der Waals surface area (Å²) < 4.78 is 16.4. The van der Waals surface area contributed by atoms with Crippen molar-refractivity contribution in [3.8, 4) is 17.2 Å². The summed E-state index contributed by atoms with van der Waals surface area (Å²) in [6, 6.07) is 6.32. The van der Waals surface area contributed by atoms with Crippen molar-refractivity contribution in [1.29, 1.82) is 0 Å². The van der Waals surface area contributed by atoms with Gasteiger partial charge in [0.15, 0.2) is 11.5 Å². The molecule has 20 heavy (non-hydrogen) atoms. The average Bonchev–Trinajstić information content (AvgIpc) is 2.52. The van der Waals surface area contributed by atoms with Crippen molar-refractivity contribution in [1.82, 2.24) is 5.32 Å². The second kappa shape index (κ2) is 8.00. The Bertz CT molecular complexity index is 380. The van der Waals surface area contributed by atoms with Gasteiger partial charge < -0.3 is 19.5 Å². The fourth-order valence-corrected chi connectivity index (χ4v) is 2.68. The molecule has 0 unspecified atom stereocenters. The predicted octanol–water partition coefficient (Wildman–Crippen LogP) is 3.00. The third-order valence-corrected chi connectivity index (χ3v) is 3.77. The summed E-state index contributed by atoms with van der Waals surface area (Å²) in [5.41, 5.74) is 0. The molecule has 0 radical (unpaired) electrons. The van der Waals surface area contributed by atoms with E-state index in [1.807, 2.05) is 18.2 Å². The van der Waals surface area contributed by atoms with Gasteiger partial charge in [0, 0.05) is 12.6 Å². The lowest BCUT2D eigenvalue weighted by atomic mass is 9.96. The molecule has 1 aromatic rings. The maximum absolute atomic E-state index is 5.83.